The molecular formula is C21H18F3N3O2. The minimum atomic E-state index is -4.35. The van der Waals surface area contributed by atoms with Gasteiger partial charge in [-0.1, -0.05) is 24.3 Å². The summed E-state index contributed by atoms with van der Waals surface area (Å²) in [4.78, 5) is 31.5. The fourth-order valence-corrected chi connectivity index (χ4v) is 3.15. The van der Waals surface area contributed by atoms with Crippen LogP contribution in [0.1, 0.15) is 36.0 Å². The highest BCUT2D eigenvalue weighted by Gasteiger charge is 2.30. The standard InChI is InChI=1S/C21H18F3N3O2/c22-21(23,24)9-7-17(28)13-3-1-12(2-4-13)16-11-18(27-20(29)14-5-6-14)26-19-15(16)8-10-25-19/h1-4,8,10-11,14H,5-7,9H2,(H2,25,26,27,29). The number of fused-ring (bicyclic) bond motifs is 1. The molecule has 1 aliphatic carbocycles. The van der Waals surface area contributed by atoms with Crippen molar-refractivity contribution in [2.24, 2.45) is 5.92 Å². The number of rotatable bonds is 6. The van der Waals surface area contributed by atoms with Gasteiger partial charge in [0.1, 0.15) is 11.5 Å². The number of alkyl halides is 3. The van der Waals surface area contributed by atoms with E-state index in [4.69, 9.17) is 0 Å². The molecule has 1 aromatic carbocycles. The second-order valence-electron chi connectivity index (χ2n) is 7.17. The number of carbonyl (C=O) groups is 2. The zero-order valence-corrected chi connectivity index (χ0v) is 15.3. The van der Waals surface area contributed by atoms with Crippen LogP contribution in [0.15, 0.2) is 42.6 Å². The highest BCUT2D eigenvalue weighted by Crippen LogP contribution is 2.33. The highest BCUT2D eigenvalue weighted by atomic mass is 19.4. The summed E-state index contributed by atoms with van der Waals surface area (Å²) in [6, 6.07) is 10.0. The molecule has 0 unspecified atom stereocenters. The molecule has 29 heavy (non-hydrogen) atoms. The zero-order chi connectivity index (χ0) is 20.6. The summed E-state index contributed by atoms with van der Waals surface area (Å²) in [6.07, 6.45) is -2.56. The predicted molar refractivity (Wildman–Crippen MR) is 103 cm³/mol. The Bertz CT molecular complexity index is 1070. The van der Waals surface area contributed by atoms with Crippen LogP contribution in [0.25, 0.3) is 22.2 Å². The smallest absolute Gasteiger partial charge is 0.346 e. The van der Waals surface area contributed by atoms with Crippen LogP contribution < -0.4 is 5.32 Å². The molecule has 8 heteroatoms. The SMILES string of the molecule is O=C(CCC(F)(F)F)c1ccc(-c2cc(NC(=O)C3CC3)nc3[nH]ccc23)cc1. The maximum absolute atomic E-state index is 12.3. The van der Waals surface area contributed by atoms with Crippen LogP contribution in [-0.2, 0) is 4.79 Å². The van der Waals surface area contributed by atoms with Gasteiger partial charge in [0.2, 0.25) is 5.91 Å². The number of benzene rings is 1. The monoisotopic (exact) mass is 401 g/mol. The number of halogens is 3. The van der Waals surface area contributed by atoms with Crippen molar-refractivity contribution < 1.29 is 22.8 Å². The molecule has 5 nitrogen and oxygen atoms in total. The van der Waals surface area contributed by atoms with E-state index in [1.165, 1.54) is 12.1 Å². The summed E-state index contributed by atoms with van der Waals surface area (Å²) in [6.45, 7) is 0. The number of amides is 1. The molecule has 0 spiro atoms. The molecule has 1 fully saturated rings. The Hall–Kier alpha value is -3.16. The van der Waals surface area contributed by atoms with Crippen LogP contribution in [-0.4, -0.2) is 27.8 Å². The van der Waals surface area contributed by atoms with Gasteiger partial charge in [0.25, 0.3) is 0 Å². The quantitative estimate of drug-likeness (QED) is 0.564. The molecule has 0 atom stereocenters. The number of aromatic nitrogens is 2. The van der Waals surface area contributed by atoms with E-state index in [2.05, 4.69) is 15.3 Å². The third-order valence-electron chi connectivity index (χ3n) is 4.88. The van der Waals surface area contributed by atoms with Crippen LogP contribution >= 0.6 is 0 Å². The molecule has 0 radical (unpaired) electrons. The summed E-state index contributed by atoms with van der Waals surface area (Å²) >= 11 is 0. The van der Waals surface area contributed by atoms with E-state index in [0.29, 0.717) is 11.5 Å². The Balaban J connectivity index is 1.59. The first-order valence-electron chi connectivity index (χ1n) is 9.29. The van der Waals surface area contributed by atoms with Gasteiger partial charge in [-0.05, 0) is 36.1 Å². The van der Waals surface area contributed by atoms with Crippen LogP contribution in [0.4, 0.5) is 19.0 Å². The maximum atomic E-state index is 12.3. The molecular weight excluding hydrogens is 383 g/mol. The summed E-state index contributed by atoms with van der Waals surface area (Å²) in [5, 5.41) is 3.66. The van der Waals surface area contributed by atoms with E-state index in [1.807, 2.05) is 6.07 Å². The van der Waals surface area contributed by atoms with Gasteiger partial charge in [-0.15, -0.1) is 0 Å². The van der Waals surface area contributed by atoms with Gasteiger partial charge in [0, 0.05) is 29.5 Å². The number of H-pyrrole nitrogens is 1. The van der Waals surface area contributed by atoms with E-state index in [1.54, 1.807) is 24.4 Å². The molecule has 4 rings (SSSR count). The molecule has 1 aliphatic rings. The van der Waals surface area contributed by atoms with Gasteiger partial charge in [-0.25, -0.2) is 4.98 Å². The highest BCUT2D eigenvalue weighted by molar-refractivity contribution is 6.00. The van der Waals surface area contributed by atoms with E-state index < -0.39 is 24.8 Å². The van der Waals surface area contributed by atoms with Crippen molar-refractivity contribution >= 4 is 28.5 Å². The molecule has 2 aromatic heterocycles. The number of pyridine rings is 1. The fourth-order valence-electron chi connectivity index (χ4n) is 3.15. The minimum Gasteiger partial charge on any atom is -0.346 e. The van der Waals surface area contributed by atoms with Crippen molar-refractivity contribution in [1.29, 1.82) is 0 Å². The third kappa shape index (κ3) is 4.47. The predicted octanol–water partition coefficient (Wildman–Crippen LogP) is 5.10. The molecule has 150 valence electrons. The van der Waals surface area contributed by atoms with Gasteiger partial charge in [-0.3, -0.25) is 9.59 Å². The normalized spacial score (nSPS) is 14.2. The number of nitrogens with zero attached hydrogens (tertiary/aromatic N) is 1. The Kier molecular flexibility index (Phi) is 4.86. The Morgan fingerprint density at radius 1 is 1.14 bits per heavy atom. The number of ketones is 1. The molecule has 0 bridgehead atoms. The number of nitrogens with one attached hydrogen (secondary N) is 2. The van der Waals surface area contributed by atoms with Crippen LogP contribution in [0, 0.1) is 5.92 Å². The molecule has 0 saturated heterocycles. The summed E-state index contributed by atoms with van der Waals surface area (Å²) < 4.78 is 37.0. The largest absolute Gasteiger partial charge is 0.389 e. The number of anilines is 1. The van der Waals surface area contributed by atoms with Crippen molar-refractivity contribution in [2.75, 3.05) is 5.32 Å². The first kappa shape index (κ1) is 19.2. The van der Waals surface area contributed by atoms with Gasteiger partial charge >= 0.3 is 6.18 Å². The average Bonchev–Trinajstić information content (AvgIpc) is 3.43. The minimum absolute atomic E-state index is 0.0431. The number of aromatic amines is 1. The number of Topliss-reactive ketones (excluding diaryl/α,β-unsaturated/α-hetero) is 1. The van der Waals surface area contributed by atoms with Crippen molar-refractivity contribution in [3.05, 3.63) is 48.2 Å². The summed E-state index contributed by atoms with van der Waals surface area (Å²) in [5.74, 6) is -0.133. The molecule has 2 N–H and O–H groups in total. The molecule has 2 heterocycles. The second-order valence-corrected chi connectivity index (χ2v) is 7.17. The van der Waals surface area contributed by atoms with Gasteiger partial charge in [0.05, 0.1) is 6.42 Å². The van der Waals surface area contributed by atoms with Crippen molar-refractivity contribution in [1.82, 2.24) is 9.97 Å². The lowest BCUT2D eigenvalue weighted by molar-refractivity contribution is -0.133. The molecule has 1 saturated carbocycles. The topological polar surface area (TPSA) is 74.8 Å². The zero-order valence-electron chi connectivity index (χ0n) is 15.3. The first-order valence-corrected chi connectivity index (χ1v) is 9.29. The molecule has 1 amide bonds. The number of carbonyl (C=O) groups excluding carboxylic acids is 2. The Morgan fingerprint density at radius 3 is 2.52 bits per heavy atom. The lowest BCUT2D eigenvalue weighted by Crippen LogP contribution is -2.14. The third-order valence-corrected chi connectivity index (χ3v) is 4.88. The molecule has 3 aromatic rings. The van der Waals surface area contributed by atoms with Crippen molar-refractivity contribution in [3.63, 3.8) is 0 Å². The van der Waals surface area contributed by atoms with E-state index >= 15 is 0 Å². The number of hydrogen-bond acceptors (Lipinski definition) is 3. The first-order chi connectivity index (χ1) is 13.8. The summed E-state index contributed by atoms with van der Waals surface area (Å²) in [7, 11) is 0. The van der Waals surface area contributed by atoms with Crippen LogP contribution in [0.5, 0.6) is 0 Å². The lowest BCUT2D eigenvalue weighted by Gasteiger charge is -2.10. The number of hydrogen-bond donors (Lipinski definition) is 2. The fraction of sp³-hybridized carbons (Fsp3) is 0.286. The van der Waals surface area contributed by atoms with Crippen molar-refractivity contribution in [3.8, 4) is 11.1 Å². The lowest BCUT2D eigenvalue weighted by atomic mass is 9.99. The van der Waals surface area contributed by atoms with Crippen LogP contribution in [0.2, 0.25) is 0 Å². The van der Waals surface area contributed by atoms with E-state index in [0.717, 1.165) is 29.4 Å². The van der Waals surface area contributed by atoms with Crippen molar-refractivity contribution in [2.45, 2.75) is 31.9 Å². The van der Waals surface area contributed by atoms with Crippen LogP contribution in [0.3, 0.4) is 0 Å². The average molecular weight is 401 g/mol. The Labute approximate surface area is 164 Å². The second kappa shape index (κ2) is 7.35. The van der Waals surface area contributed by atoms with E-state index in [-0.39, 0.29) is 17.4 Å². The maximum Gasteiger partial charge on any atom is 0.389 e. The molecule has 0 aliphatic heterocycles. The van der Waals surface area contributed by atoms with Gasteiger partial charge in [-0.2, -0.15) is 13.2 Å². The summed E-state index contributed by atoms with van der Waals surface area (Å²) in [5.41, 5.74) is 2.42. The van der Waals surface area contributed by atoms with E-state index in [9.17, 15) is 22.8 Å². The Morgan fingerprint density at radius 2 is 1.86 bits per heavy atom. The van der Waals surface area contributed by atoms with Gasteiger partial charge < -0.3 is 10.3 Å². The van der Waals surface area contributed by atoms with Gasteiger partial charge in [0.15, 0.2) is 5.78 Å².